The first kappa shape index (κ1) is 21.6. The highest BCUT2D eigenvalue weighted by Gasteiger charge is 2.18. The van der Waals surface area contributed by atoms with Gasteiger partial charge in [0.05, 0.1) is 17.0 Å². The molecule has 0 aliphatic rings. The first-order valence-corrected chi connectivity index (χ1v) is 11.2. The summed E-state index contributed by atoms with van der Waals surface area (Å²) in [5.41, 5.74) is 4.68. The standard InChI is InChI=1S/C22H24BrN3O2S/c1-12(2)21-25-22(28-26-21)16-8-6-7-13(3)20(16)24-19(27)11-29-18-10-14(4)17(23)9-15(18)5/h6-10,12H,11H2,1-5H3,(H,24,27). The molecular formula is C22H24BrN3O2S. The number of aromatic nitrogens is 2. The molecule has 1 heterocycles. The normalized spacial score (nSPS) is 11.1. The van der Waals surface area contributed by atoms with E-state index in [1.165, 1.54) is 11.8 Å². The third-order valence-electron chi connectivity index (χ3n) is 4.54. The minimum atomic E-state index is -0.0749. The average molecular weight is 474 g/mol. The largest absolute Gasteiger partial charge is 0.334 e. The fourth-order valence-corrected chi connectivity index (χ4v) is 4.18. The van der Waals surface area contributed by atoms with Crippen molar-refractivity contribution in [3.63, 3.8) is 0 Å². The minimum Gasteiger partial charge on any atom is -0.334 e. The molecule has 3 rings (SSSR count). The molecule has 0 aliphatic heterocycles. The van der Waals surface area contributed by atoms with Gasteiger partial charge in [-0.15, -0.1) is 11.8 Å². The lowest BCUT2D eigenvalue weighted by Gasteiger charge is -2.12. The highest BCUT2D eigenvalue weighted by Crippen LogP contribution is 2.32. The van der Waals surface area contributed by atoms with Crippen LogP contribution in [-0.2, 0) is 4.79 Å². The molecule has 0 bridgehead atoms. The summed E-state index contributed by atoms with van der Waals surface area (Å²) in [6, 6.07) is 9.94. The lowest BCUT2D eigenvalue weighted by atomic mass is 10.1. The Labute approximate surface area is 183 Å². The Morgan fingerprint density at radius 3 is 2.62 bits per heavy atom. The van der Waals surface area contributed by atoms with Crippen LogP contribution in [-0.4, -0.2) is 21.8 Å². The van der Waals surface area contributed by atoms with Crippen molar-refractivity contribution in [2.24, 2.45) is 0 Å². The number of carbonyl (C=O) groups is 1. The number of hydrogen-bond donors (Lipinski definition) is 1. The van der Waals surface area contributed by atoms with E-state index in [4.69, 9.17) is 4.52 Å². The number of nitrogens with one attached hydrogen (secondary N) is 1. The quantitative estimate of drug-likeness (QED) is 0.426. The van der Waals surface area contributed by atoms with Gasteiger partial charge in [-0.1, -0.05) is 47.1 Å². The van der Waals surface area contributed by atoms with Crippen LogP contribution in [0.25, 0.3) is 11.5 Å². The topological polar surface area (TPSA) is 68.0 Å². The van der Waals surface area contributed by atoms with Crippen molar-refractivity contribution in [1.82, 2.24) is 10.1 Å². The van der Waals surface area contributed by atoms with Gasteiger partial charge in [0, 0.05) is 15.3 Å². The predicted octanol–water partition coefficient (Wildman–Crippen LogP) is 6.28. The number of thioether (sulfide) groups is 1. The molecule has 2 aromatic carbocycles. The van der Waals surface area contributed by atoms with E-state index in [0.29, 0.717) is 23.2 Å². The molecule has 0 aliphatic carbocycles. The van der Waals surface area contributed by atoms with E-state index in [2.05, 4.69) is 43.5 Å². The highest BCUT2D eigenvalue weighted by molar-refractivity contribution is 9.10. The SMILES string of the molecule is Cc1cc(SCC(=O)Nc2c(C)cccc2-c2nc(C(C)C)no2)c(C)cc1Br. The second kappa shape index (κ2) is 9.13. The van der Waals surface area contributed by atoms with Crippen LogP contribution in [0, 0.1) is 20.8 Å². The number of para-hydroxylation sites is 1. The number of hydrogen-bond acceptors (Lipinski definition) is 5. The van der Waals surface area contributed by atoms with Crippen LogP contribution in [0.2, 0.25) is 0 Å². The van der Waals surface area contributed by atoms with Gasteiger partial charge in [0.25, 0.3) is 5.89 Å². The van der Waals surface area contributed by atoms with E-state index in [-0.39, 0.29) is 11.8 Å². The van der Waals surface area contributed by atoms with E-state index < -0.39 is 0 Å². The maximum atomic E-state index is 12.7. The Balaban J connectivity index is 1.77. The molecule has 0 spiro atoms. The zero-order chi connectivity index (χ0) is 21.1. The van der Waals surface area contributed by atoms with Crippen LogP contribution < -0.4 is 5.32 Å². The molecule has 0 saturated heterocycles. The molecule has 0 saturated carbocycles. The molecule has 0 atom stereocenters. The molecule has 7 heteroatoms. The summed E-state index contributed by atoms with van der Waals surface area (Å²) in [5, 5.41) is 7.07. The molecule has 1 aromatic heterocycles. The van der Waals surface area contributed by atoms with Gasteiger partial charge in [0.2, 0.25) is 5.91 Å². The molecule has 152 valence electrons. The Bertz CT molecular complexity index is 1050. The number of amides is 1. The van der Waals surface area contributed by atoms with Crippen molar-refractivity contribution in [2.75, 3.05) is 11.1 Å². The summed E-state index contributed by atoms with van der Waals surface area (Å²) >= 11 is 5.07. The van der Waals surface area contributed by atoms with Gasteiger partial charge < -0.3 is 9.84 Å². The van der Waals surface area contributed by atoms with Crippen LogP contribution >= 0.6 is 27.7 Å². The van der Waals surface area contributed by atoms with Crippen LogP contribution in [0.3, 0.4) is 0 Å². The Morgan fingerprint density at radius 2 is 1.93 bits per heavy atom. The molecule has 0 unspecified atom stereocenters. The average Bonchev–Trinajstić information content (AvgIpc) is 3.15. The van der Waals surface area contributed by atoms with Crippen molar-refractivity contribution in [3.8, 4) is 11.5 Å². The van der Waals surface area contributed by atoms with Gasteiger partial charge in [0.15, 0.2) is 5.82 Å². The summed E-state index contributed by atoms with van der Waals surface area (Å²) in [7, 11) is 0. The number of halogens is 1. The zero-order valence-electron chi connectivity index (χ0n) is 17.2. The number of rotatable bonds is 6. The fourth-order valence-electron chi connectivity index (χ4n) is 2.82. The number of carbonyl (C=O) groups excluding carboxylic acids is 1. The van der Waals surface area contributed by atoms with Gasteiger partial charge in [-0.3, -0.25) is 4.79 Å². The van der Waals surface area contributed by atoms with Crippen molar-refractivity contribution in [2.45, 2.75) is 45.4 Å². The first-order valence-electron chi connectivity index (χ1n) is 9.39. The predicted molar refractivity (Wildman–Crippen MR) is 122 cm³/mol. The van der Waals surface area contributed by atoms with E-state index in [1.54, 1.807) is 0 Å². The number of nitrogens with zero attached hydrogens (tertiary/aromatic N) is 2. The monoisotopic (exact) mass is 473 g/mol. The summed E-state index contributed by atoms with van der Waals surface area (Å²) < 4.78 is 6.51. The highest BCUT2D eigenvalue weighted by atomic mass is 79.9. The summed E-state index contributed by atoms with van der Waals surface area (Å²) in [6.07, 6.45) is 0. The van der Waals surface area contributed by atoms with E-state index in [1.807, 2.05) is 52.8 Å². The Kier molecular flexibility index (Phi) is 6.80. The van der Waals surface area contributed by atoms with Crippen LogP contribution in [0.5, 0.6) is 0 Å². The molecule has 0 fully saturated rings. The zero-order valence-corrected chi connectivity index (χ0v) is 19.6. The van der Waals surface area contributed by atoms with E-state index in [9.17, 15) is 4.79 Å². The first-order chi connectivity index (χ1) is 13.8. The summed E-state index contributed by atoms with van der Waals surface area (Å²) in [5.74, 6) is 1.48. The number of anilines is 1. The van der Waals surface area contributed by atoms with E-state index >= 15 is 0 Å². The third-order valence-corrected chi connectivity index (χ3v) is 6.55. The van der Waals surface area contributed by atoms with Gasteiger partial charge in [-0.05, 0) is 55.7 Å². The van der Waals surface area contributed by atoms with Crippen molar-refractivity contribution >= 4 is 39.3 Å². The molecule has 1 amide bonds. The summed E-state index contributed by atoms with van der Waals surface area (Å²) in [6.45, 7) is 10.1. The minimum absolute atomic E-state index is 0.0749. The van der Waals surface area contributed by atoms with Crippen LogP contribution in [0.1, 0.15) is 42.3 Å². The van der Waals surface area contributed by atoms with Crippen molar-refractivity contribution in [3.05, 3.63) is 57.3 Å². The summed E-state index contributed by atoms with van der Waals surface area (Å²) in [4.78, 5) is 18.3. The van der Waals surface area contributed by atoms with Gasteiger partial charge in [-0.25, -0.2) is 0 Å². The Hall–Kier alpha value is -2.12. The van der Waals surface area contributed by atoms with Crippen molar-refractivity contribution < 1.29 is 9.32 Å². The molecule has 1 N–H and O–H groups in total. The van der Waals surface area contributed by atoms with Gasteiger partial charge in [-0.2, -0.15) is 4.98 Å². The molecule has 3 aromatic rings. The van der Waals surface area contributed by atoms with E-state index in [0.717, 1.165) is 31.6 Å². The van der Waals surface area contributed by atoms with Crippen molar-refractivity contribution in [1.29, 1.82) is 0 Å². The smallest absolute Gasteiger partial charge is 0.260 e. The maximum Gasteiger partial charge on any atom is 0.260 e. The third kappa shape index (κ3) is 5.08. The Morgan fingerprint density at radius 1 is 1.17 bits per heavy atom. The molecular weight excluding hydrogens is 450 g/mol. The lowest BCUT2D eigenvalue weighted by Crippen LogP contribution is -2.15. The van der Waals surface area contributed by atoms with Gasteiger partial charge in [0.1, 0.15) is 0 Å². The van der Waals surface area contributed by atoms with Crippen LogP contribution in [0.4, 0.5) is 5.69 Å². The maximum absolute atomic E-state index is 12.7. The second-order valence-electron chi connectivity index (χ2n) is 7.31. The molecule has 0 radical (unpaired) electrons. The molecule has 5 nitrogen and oxygen atoms in total. The second-order valence-corrected chi connectivity index (χ2v) is 9.19. The van der Waals surface area contributed by atoms with Crippen LogP contribution in [0.15, 0.2) is 44.2 Å². The number of aryl methyl sites for hydroxylation is 3. The fraction of sp³-hybridized carbons (Fsp3) is 0.318. The van der Waals surface area contributed by atoms with Gasteiger partial charge >= 0.3 is 0 Å². The number of benzene rings is 2. The lowest BCUT2D eigenvalue weighted by molar-refractivity contribution is -0.113. The molecule has 29 heavy (non-hydrogen) atoms.